The van der Waals surface area contributed by atoms with Crippen molar-refractivity contribution in [2.45, 2.75) is 32.0 Å². The number of carbonyl (C=O) groups excluding carboxylic acids is 1. The van der Waals surface area contributed by atoms with Crippen molar-refractivity contribution >= 4 is 6.16 Å². The highest BCUT2D eigenvalue weighted by molar-refractivity contribution is 5.63. The van der Waals surface area contributed by atoms with Crippen LogP contribution in [0.5, 0.6) is 0 Å². The van der Waals surface area contributed by atoms with Crippen LogP contribution in [-0.2, 0) is 26.8 Å². The van der Waals surface area contributed by atoms with Crippen LogP contribution >= 0.6 is 0 Å². The molecular formula is C20H21F3N2O4. The molecule has 0 aliphatic heterocycles. The van der Waals surface area contributed by atoms with E-state index in [1.54, 1.807) is 6.07 Å². The topological polar surface area (TPSA) is 70.5 Å². The van der Waals surface area contributed by atoms with Crippen LogP contribution in [0.2, 0.25) is 0 Å². The molecule has 2 atom stereocenters. The van der Waals surface area contributed by atoms with Crippen molar-refractivity contribution in [3.05, 3.63) is 47.2 Å². The Bertz CT molecular complexity index is 873. The van der Waals surface area contributed by atoms with Gasteiger partial charge in [0.1, 0.15) is 12.7 Å². The minimum Gasteiger partial charge on any atom is -0.432 e. The molecule has 1 aliphatic rings. The third-order valence-electron chi connectivity index (χ3n) is 4.64. The van der Waals surface area contributed by atoms with Crippen LogP contribution in [0.4, 0.5) is 18.0 Å². The molecule has 1 aromatic carbocycles. The second kappa shape index (κ2) is 8.77. The van der Waals surface area contributed by atoms with Crippen LogP contribution in [0.25, 0.3) is 11.3 Å². The van der Waals surface area contributed by atoms with Crippen LogP contribution in [0.15, 0.2) is 30.3 Å². The summed E-state index contributed by atoms with van der Waals surface area (Å²) in [4.78, 5) is 12.0. The Morgan fingerprint density at radius 2 is 2.00 bits per heavy atom. The lowest BCUT2D eigenvalue weighted by atomic mass is 9.85. The molecular weight excluding hydrogens is 389 g/mol. The number of nitrogens with zero attached hydrogens (tertiary/aromatic N) is 2. The molecule has 9 heteroatoms. The van der Waals surface area contributed by atoms with E-state index in [2.05, 4.69) is 10.2 Å². The average Bonchev–Trinajstić information content (AvgIpc) is 2.67. The van der Waals surface area contributed by atoms with Gasteiger partial charge in [-0.3, -0.25) is 0 Å². The third-order valence-corrected chi connectivity index (χ3v) is 4.64. The molecule has 29 heavy (non-hydrogen) atoms. The number of hydrogen-bond acceptors (Lipinski definition) is 6. The van der Waals surface area contributed by atoms with Crippen LogP contribution in [-0.4, -0.2) is 36.7 Å². The van der Waals surface area contributed by atoms with Crippen LogP contribution < -0.4 is 0 Å². The first-order chi connectivity index (χ1) is 13.8. The predicted octanol–water partition coefficient (Wildman–Crippen LogP) is 4.59. The number of benzene rings is 1. The van der Waals surface area contributed by atoms with Crippen molar-refractivity contribution in [1.82, 2.24) is 10.2 Å². The Morgan fingerprint density at radius 1 is 1.21 bits per heavy atom. The van der Waals surface area contributed by atoms with E-state index in [4.69, 9.17) is 14.2 Å². The number of carbonyl (C=O) groups is 1. The monoisotopic (exact) mass is 410 g/mol. The molecule has 1 heterocycles. The maximum Gasteiger partial charge on any atom is 0.508 e. The van der Waals surface area contributed by atoms with Gasteiger partial charge in [-0.1, -0.05) is 19.1 Å². The maximum atomic E-state index is 13.0. The Morgan fingerprint density at radius 3 is 2.72 bits per heavy atom. The summed E-state index contributed by atoms with van der Waals surface area (Å²) in [5.41, 5.74) is 1.10. The first-order valence-electron chi connectivity index (χ1n) is 9.14. The predicted molar refractivity (Wildman–Crippen MR) is 97.0 cm³/mol. The lowest BCUT2D eigenvalue weighted by Crippen LogP contribution is -2.24. The Labute approximate surface area is 166 Å². The highest BCUT2D eigenvalue weighted by Gasteiger charge is 2.32. The maximum absolute atomic E-state index is 13.0. The highest BCUT2D eigenvalue weighted by Crippen LogP contribution is 2.37. The van der Waals surface area contributed by atoms with E-state index in [-0.39, 0.29) is 30.4 Å². The van der Waals surface area contributed by atoms with Gasteiger partial charge in [0.25, 0.3) is 0 Å². The van der Waals surface area contributed by atoms with Gasteiger partial charge < -0.3 is 14.2 Å². The fraction of sp³-hybridized carbons (Fsp3) is 0.450. The van der Waals surface area contributed by atoms with E-state index >= 15 is 0 Å². The van der Waals surface area contributed by atoms with Gasteiger partial charge in [-0.15, -0.1) is 0 Å². The van der Waals surface area contributed by atoms with Crippen molar-refractivity contribution in [2.24, 2.45) is 5.92 Å². The van der Waals surface area contributed by atoms with Crippen molar-refractivity contribution in [1.29, 1.82) is 0 Å². The molecule has 0 saturated heterocycles. The van der Waals surface area contributed by atoms with E-state index in [1.165, 1.54) is 19.2 Å². The number of aromatic nitrogens is 2. The molecule has 1 aromatic heterocycles. The lowest BCUT2D eigenvalue weighted by molar-refractivity contribution is -0.137. The zero-order valence-corrected chi connectivity index (χ0v) is 16.0. The SMILES string of the molecule is COCCOC(=O)OC1CC(C)Cc2nnc(-c3cccc(C(F)(F)F)c3)cc21. The second-order valence-corrected chi connectivity index (χ2v) is 6.95. The molecule has 0 spiro atoms. The van der Waals surface area contributed by atoms with E-state index in [9.17, 15) is 18.0 Å². The van der Waals surface area contributed by atoms with E-state index in [1.807, 2.05) is 6.92 Å². The molecule has 0 bridgehead atoms. The fourth-order valence-corrected chi connectivity index (χ4v) is 3.24. The van der Waals surface area contributed by atoms with Crippen molar-refractivity contribution in [3.63, 3.8) is 0 Å². The molecule has 2 aromatic rings. The third kappa shape index (κ3) is 5.23. The first-order valence-corrected chi connectivity index (χ1v) is 9.14. The van der Waals surface area contributed by atoms with Gasteiger partial charge in [0.15, 0.2) is 0 Å². The summed E-state index contributed by atoms with van der Waals surface area (Å²) in [7, 11) is 1.49. The van der Waals surface area contributed by atoms with Gasteiger partial charge in [-0.2, -0.15) is 23.4 Å². The van der Waals surface area contributed by atoms with Crippen molar-refractivity contribution in [3.8, 4) is 11.3 Å². The number of rotatable bonds is 5. The number of alkyl halides is 3. The average molecular weight is 410 g/mol. The quantitative estimate of drug-likeness (QED) is 0.531. The standard InChI is InChI=1S/C20H21F3N2O4/c1-12-8-17-15(18(9-12)29-19(26)28-7-6-27-2)11-16(24-25-17)13-4-3-5-14(10-13)20(21,22)23/h3-5,10-12,18H,6-9H2,1-2H3. The number of hydrogen-bond donors (Lipinski definition) is 0. The van der Waals surface area contributed by atoms with Crippen molar-refractivity contribution in [2.75, 3.05) is 20.3 Å². The fourth-order valence-electron chi connectivity index (χ4n) is 3.24. The largest absolute Gasteiger partial charge is 0.508 e. The molecule has 3 rings (SSSR count). The van der Waals surface area contributed by atoms with Gasteiger partial charge in [0.05, 0.1) is 23.6 Å². The van der Waals surface area contributed by atoms with Gasteiger partial charge in [-0.05, 0) is 37.0 Å². The molecule has 0 N–H and O–H groups in total. The lowest BCUT2D eigenvalue weighted by Gasteiger charge is -2.28. The van der Waals surface area contributed by atoms with E-state index in [0.717, 1.165) is 12.1 Å². The Balaban J connectivity index is 1.87. The van der Waals surface area contributed by atoms with Gasteiger partial charge in [0.2, 0.25) is 0 Å². The molecule has 0 fully saturated rings. The second-order valence-electron chi connectivity index (χ2n) is 6.95. The first kappa shape index (κ1) is 21.0. The van der Waals surface area contributed by atoms with Crippen LogP contribution in [0.3, 0.4) is 0 Å². The Kier molecular flexibility index (Phi) is 6.36. The summed E-state index contributed by atoms with van der Waals surface area (Å²) >= 11 is 0. The van der Waals surface area contributed by atoms with Crippen LogP contribution in [0.1, 0.15) is 36.3 Å². The minimum absolute atomic E-state index is 0.0640. The van der Waals surface area contributed by atoms with E-state index in [0.29, 0.717) is 24.1 Å². The van der Waals surface area contributed by atoms with E-state index < -0.39 is 24.0 Å². The number of fused-ring (bicyclic) bond motifs is 1. The zero-order chi connectivity index (χ0) is 21.0. The molecule has 1 aliphatic carbocycles. The highest BCUT2D eigenvalue weighted by atomic mass is 19.4. The minimum atomic E-state index is -4.45. The summed E-state index contributed by atoms with van der Waals surface area (Å²) in [6.07, 6.45) is -4.69. The van der Waals surface area contributed by atoms with Crippen LogP contribution in [0, 0.1) is 5.92 Å². The smallest absolute Gasteiger partial charge is 0.432 e. The zero-order valence-electron chi connectivity index (χ0n) is 16.0. The molecule has 0 amide bonds. The summed E-state index contributed by atoms with van der Waals surface area (Å²) in [5.74, 6) is 0.202. The van der Waals surface area contributed by atoms with Gasteiger partial charge in [0, 0.05) is 18.2 Å². The molecule has 6 nitrogen and oxygen atoms in total. The number of ether oxygens (including phenoxy) is 3. The summed E-state index contributed by atoms with van der Waals surface area (Å²) in [6.45, 7) is 2.31. The van der Waals surface area contributed by atoms with Crippen molar-refractivity contribution < 1.29 is 32.2 Å². The molecule has 0 saturated carbocycles. The summed E-state index contributed by atoms with van der Waals surface area (Å²) < 4.78 is 54.3. The Hall–Kier alpha value is -2.68. The molecule has 156 valence electrons. The number of methoxy groups -OCH3 is 1. The normalized spacial score (nSPS) is 18.8. The molecule has 2 unspecified atom stereocenters. The summed E-state index contributed by atoms with van der Waals surface area (Å²) in [6, 6.07) is 6.51. The van der Waals surface area contributed by atoms with Gasteiger partial charge >= 0.3 is 12.3 Å². The molecule has 0 radical (unpaired) electrons. The number of halogens is 3. The summed E-state index contributed by atoms with van der Waals surface area (Å²) in [5, 5.41) is 8.28. The van der Waals surface area contributed by atoms with Gasteiger partial charge in [-0.25, -0.2) is 4.79 Å².